The number of rotatable bonds is 4. The van der Waals surface area contributed by atoms with Crippen LogP contribution >= 0.6 is 0 Å². The fourth-order valence-electron chi connectivity index (χ4n) is 5.75. The van der Waals surface area contributed by atoms with Crippen molar-refractivity contribution < 1.29 is 4.42 Å². The first-order chi connectivity index (χ1) is 16.7. The summed E-state index contributed by atoms with van der Waals surface area (Å²) in [6.07, 6.45) is 8.75. The summed E-state index contributed by atoms with van der Waals surface area (Å²) in [7, 11) is 0. The highest BCUT2D eigenvalue weighted by molar-refractivity contribution is 6.14. The largest absolute Gasteiger partial charge is 0.437 e. The highest BCUT2D eigenvalue weighted by atomic mass is 16.3. The summed E-state index contributed by atoms with van der Waals surface area (Å²) >= 11 is 0. The molecule has 0 aliphatic heterocycles. The average molecular weight is 447 g/mol. The number of hydrogen-bond acceptors (Lipinski definition) is 3. The number of aromatic nitrogens is 2. The van der Waals surface area contributed by atoms with E-state index in [0.29, 0.717) is 11.6 Å². The van der Waals surface area contributed by atoms with Gasteiger partial charge in [-0.25, -0.2) is 4.98 Å². The van der Waals surface area contributed by atoms with Crippen molar-refractivity contribution >= 4 is 22.1 Å². The van der Waals surface area contributed by atoms with Crippen molar-refractivity contribution in [3.05, 3.63) is 84.2 Å². The highest BCUT2D eigenvalue weighted by Crippen LogP contribution is 2.41. The number of hydrogen-bond donors (Lipinski definition) is 0. The van der Waals surface area contributed by atoms with Gasteiger partial charge in [-0.15, -0.1) is 0 Å². The summed E-state index contributed by atoms with van der Waals surface area (Å²) < 4.78 is 6.45. The monoisotopic (exact) mass is 446 g/mol. The molecule has 170 valence electrons. The van der Waals surface area contributed by atoms with Crippen LogP contribution in [0.2, 0.25) is 0 Å². The SMILES string of the molecule is Cc1cc(-c2ccccc2)c2c(n1)oc1c(-c3cc(C(C)C4CCCCC4)ccn3)cccc12. The van der Waals surface area contributed by atoms with Crippen LogP contribution in [0.5, 0.6) is 0 Å². The van der Waals surface area contributed by atoms with Crippen LogP contribution in [0.3, 0.4) is 0 Å². The van der Waals surface area contributed by atoms with Gasteiger partial charge in [-0.2, -0.15) is 0 Å². The first-order valence-corrected chi connectivity index (χ1v) is 12.5. The van der Waals surface area contributed by atoms with Gasteiger partial charge in [-0.05, 0) is 72.6 Å². The van der Waals surface area contributed by atoms with Gasteiger partial charge >= 0.3 is 0 Å². The third kappa shape index (κ3) is 3.69. The lowest BCUT2D eigenvalue weighted by atomic mass is 9.78. The van der Waals surface area contributed by atoms with Crippen LogP contribution in [-0.4, -0.2) is 9.97 Å². The fourth-order valence-corrected chi connectivity index (χ4v) is 5.75. The van der Waals surface area contributed by atoms with Crippen molar-refractivity contribution in [3.8, 4) is 22.4 Å². The standard InChI is InChI=1S/C31H30N2O/c1-20-18-27(23-12-7-4-8-13-23)29-26-15-9-14-25(30(26)34-31(29)33-20)28-19-24(16-17-32-28)21(2)22-10-5-3-6-11-22/h4,7-9,12-19,21-22H,3,5-6,10-11H2,1-2H3. The van der Waals surface area contributed by atoms with Crippen LogP contribution in [-0.2, 0) is 0 Å². The molecule has 3 heterocycles. The quantitative estimate of drug-likeness (QED) is 0.277. The van der Waals surface area contributed by atoms with Crippen LogP contribution in [0.15, 0.2) is 77.3 Å². The van der Waals surface area contributed by atoms with Gasteiger partial charge < -0.3 is 4.42 Å². The minimum absolute atomic E-state index is 0.547. The maximum Gasteiger partial charge on any atom is 0.228 e. The van der Waals surface area contributed by atoms with Crippen LogP contribution in [0, 0.1) is 12.8 Å². The summed E-state index contributed by atoms with van der Waals surface area (Å²) in [5, 5.41) is 2.16. The number of benzene rings is 2. The second-order valence-electron chi connectivity index (χ2n) is 9.80. The van der Waals surface area contributed by atoms with Crippen LogP contribution < -0.4 is 0 Å². The molecule has 0 amide bonds. The maximum absolute atomic E-state index is 6.45. The molecule has 1 aliphatic carbocycles. The molecular formula is C31H30N2O. The number of nitrogens with zero attached hydrogens (tertiary/aromatic N) is 2. The Bertz CT molecular complexity index is 1460. The third-order valence-corrected chi connectivity index (χ3v) is 7.62. The molecule has 0 radical (unpaired) electrons. The van der Waals surface area contributed by atoms with Gasteiger partial charge in [0.25, 0.3) is 0 Å². The van der Waals surface area contributed by atoms with E-state index in [1.165, 1.54) is 43.2 Å². The molecule has 1 aliphatic rings. The smallest absolute Gasteiger partial charge is 0.228 e. The van der Waals surface area contributed by atoms with Crippen LogP contribution in [0.25, 0.3) is 44.5 Å². The molecule has 0 spiro atoms. The lowest BCUT2D eigenvalue weighted by molar-refractivity contribution is 0.316. The predicted octanol–water partition coefficient (Wildman–Crippen LogP) is 8.70. The lowest BCUT2D eigenvalue weighted by Crippen LogP contribution is -2.14. The van der Waals surface area contributed by atoms with Crippen LogP contribution in [0.4, 0.5) is 0 Å². The molecule has 0 bridgehead atoms. The Balaban J connectivity index is 1.50. The van der Waals surface area contributed by atoms with Crippen molar-refractivity contribution in [2.24, 2.45) is 5.92 Å². The number of fused-ring (bicyclic) bond motifs is 3. The van der Waals surface area contributed by atoms with E-state index >= 15 is 0 Å². The van der Waals surface area contributed by atoms with E-state index in [9.17, 15) is 0 Å². The van der Waals surface area contributed by atoms with Crippen molar-refractivity contribution in [2.75, 3.05) is 0 Å². The van der Waals surface area contributed by atoms with Gasteiger partial charge in [0.05, 0.1) is 11.1 Å². The van der Waals surface area contributed by atoms with Gasteiger partial charge in [0.15, 0.2) is 0 Å². The number of para-hydroxylation sites is 1. The molecule has 1 saturated carbocycles. The minimum atomic E-state index is 0.547. The molecule has 3 heteroatoms. The van der Waals surface area contributed by atoms with Crippen molar-refractivity contribution in [3.63, 3.8) is 0 Å². The summed E-state index contributed by atoms with van der Waals surface area (Å²) in [5.74, 6) is 1.32. The third-order valence-electron chi connectivity index (χ3n) is 7.62. The molecule has 3 aromatic heterocycles. The molecule has 1 atom stereocenters. The first kappa shape index (κ1) is 21.1. The topological polar surface area (TPSA) is 38.9 Å². The Labute approximate surface area is 200 Å². The Kier molecular flexibility index (Phi) is 5.41. The molecule has 3 nitrogen and oxygen atoms in total. The summed E-state index contributed by atoms with van der Waals surface area (Å²) in [5.41, 5.74) is 8.22. The maximum atomic E-state index is 6.45. The van der Waals surface area contributed by atoms with E-state index in [4.69, 9.17) is 14.4 Å². The Morgan fingerprint density at radius 2 is 1.71 bits per heavy atom. The van der Waals surface area contributed by atoms with E-state index in [1.807, 2.05) is 19.2 Å². The van der Waals surface area contributed by atoms with Crippen molar-refractivity contribution in [1.29, 1.82) is 0 Å². The summed E-state index contributed by atoms with van der Waals surface area (Å²) in [4.78, 5) is 9.53. The van der Waals surface area contributed by atoms with Crippen LogP contribution in [0.1, 0.15) is 56.2 Å². The zero-order valence-corrected chi connectivity index (χ0v) is 19.9. The Morgan fingerprint density at radius 3 is 2.53 bits per heavy atom. The highest BCUT2D eigenvalue weighted by Gasteiger charge is 2.23. The van der Waals surface area contributed by atoms with Gasteiger partial charge in [0, 0.05) is 22.8 Å². The van der Waals surface area contributed by atoms with E-state index in [-0.39, 0.29) is 0 Å². The minimum Gasteiger partial charge on any atom is -0.437 e. The number of furan rings is 1. The molecular weight excluding hydrogens is 416 g/mol. The molecule has 6 rings (SSSR count). The van der Waals surface area contributed by atoms with E-state index in [2.05, 4.69) is 67.6 Å². The van der Waals surface area contributed by atoms with E-state index < -0.39 is 0 Å². The molecule has 2 aromatic carbocycles. The van der Waals surface area contributed by atoms with Gasteiger partial charge in [0.1, 0.15) is 5.58 Å². The van der Waals surface area contributed by atoms with Gasteiger partial charge in [0.2, 0.25) is 5.71 Å². The fraction of sp³-hybridized carbons (Fsp3) is 0.290. The van der Waals surface area contributed by atoms with E-state index in [1.54, 1.807) is 0 Å². The molecule has 0 saturated heterocycles. The number of pyridine rings is 2. The molecule has 1 unspecified atom stereocenters. The van der Waals surface area contributed by atoms with Crippen molar-refractivity contribution in [2.45, 2.75) is 51.9 Å². The Hall–Kier alpha value is -3.46. The molecule has 5 aromatic rings. The van der Waals surface area contributed by atoms with E-state index in [0.717, 1.165) is 44.8 Å². The molecule has 1 fully saturated rings. The summed E-state index contributed by atoms with van der Waals surface area (Å²) in [6.45, 7) is 4.41. The second-order valence-corrected chi connectivity index (χ2v) is 9.80. The first-order valence-electron chi connectivity index (χ1n) is 12.5. The predicted molar refractivity (Wildman–Crippen MR) is 140 cm³/mol. The zero-order valence-electron chi connectivity index (χ0n) is 19.9. The number of aryl methyl sites for hydroxylation is 1. The van der Waals surface area contributed by atoms with Gasteiger partial charge in [-0.1, -0.05) is 68.7 Å². The average Bonchev–Trinajstić information content (AvgIpc) is 3.27. The molecule has 0 N–H and O–H groups in total. The van der Waals surface area contributed by atoms with Crippen molar-refractivity contribution in [1.82, 2.24) is 9.97 Å². The molecule has 34 heavy (non-hydrogen) atoms. The van der Waals surface area contributed by atoms with Gasteiger partial charge in [-0.3, -0.25) is 4.98 Å². The Morgan fingerprint density at radius 1 is 0.882 bits per heavy atom. The second kappa shape index (κ2) is 8.72. The normalized spacial score (nSPS) is 15.7. The summed E-state index contributed by atoms with van der Waals surface area (Å²) in [6, 6.07) is 23.5. The lowest BCUT2D eigenvalue weighted by Gasteiger charge is -2.28. The zero-order chi connectivity index (χ0) is 23.1.